The summed E-state index contributed by atoms with van der Waals surface area (Å²) in [6.07, 6.45) is 3.97. The number of hydrogen-bond donors (Lipinski definition) is 1. The molecule has 2 aromatic carbocycles. The summed E-state index contributed by atoms with van der Waals surface area (Å²) in [7, 11) is 0. The van der Waals surface area contributed by atoms with Gasteiger partial charge in [-0.3, -0.25) is 9.59 Å². The number of amides is 2. The summed E-state index contributed by atoms with van der Waals surface area (Å²) in [5.41, 5.74) is 3.55. The fourth-order valence-corrected chi connectivity index (χ4v) is 5.20. The van der Waals surface area contributed by atoms with Crippen LogP contribution in [0, 0.1) is 0 Å². The maximum Gasteiger partial charge on any atom is 0.336 e. The van der Waals surface area contributed by atoms with Gasteiger partial charge >= 0.3 is 5.97 Å². The molecule has 4 rings (SSSR count). The lowest BCUT2D eigenvalue weighted by atomic mass is 9.83. The van der Waals surface area contributed by atoms with Gasteiger partial charge in [-0.25, -0.2) is 4.79 Å². The summed E-state index contributed by atoms with van der Waals surface area (Å²) < 4.78 is 5.37. The topological polar surface area (TPSA) is 79.0 Å². The predicted molar refractivity (Wildman–Crippen MR) is 143 cm³/mol. The average molecular weight is 504 g/mol. The molecule has 0 saturated carbocycles. The first-order chi connectivity index (χ1) is 18.0. The third-order valence-electron chi connectivity index (χ3n) is 7.24. The van der Waals surface area contributed by atoms with Crippen molar-refractivity contribution in [2.75, 3.05) is 32.8 Å². The Hall–Kier alpha value is -3.45. The molecule has 0 bridgehead atoms. The monoisotopic (exact) mass is 503 g/mol. The second-order valence-electron chi connectivity index (χ2n) is 9.72. The number of allylic oxidation sites excluding steroid dienone is 1. The van der Waals surface area contributed by atoms with E-state index in [1.165, 1.54) is 19.3 Å². The summed E-state index contributed by atoms with van der Waals surface area (Å²) in [5, 5.41) is 3.01. The highest BCUT2D eigenvalue weighted by molar-refractivity contribution is 5.96. The fraction of sp³-hybridized carbons (Fsp3) is 0.433. The normalized spacial score (nSPS) is 18.6. The molecule has 2 aliphatic heterocycles. The number of nitrogens with one attached hydrogen (secondary N) is 1. The molecule has 0 radical (unpaired) electrons. The Bertz CT molecular complexity index is 1120. The molecular weight excluding hydrogens is 466 g/mol. The predicted octanol–water partition coefficient (Wildman–Crippen LogP) is 4.26. The second-order valence-corrected chi connectivity index (χ2v) is 9.72. The molecule has 7 nitrogen and oxygen atoms in total. The van der Waals surface area contributed by atoms with Gasteiger partial charge in [-0.15, -0.1) is 0 Å². The van der Waals surface area contributed by atoms with E-state index in [2.05, 4.69) is 10.2 Å². The maximum atomic E-state index is 13.2. The van der Waals surface area contributed by atoms with Crippen molar-refractivity contribution in [1.82, 2.24) is 15.1 Å². The van der Waals surface area contributed by atoms with E-state index in [9.17, 15) is 14.4 Å². The molecule has 2 heterocycles. The second kappa shape index (κ2) is 12.7. The van der Waals surface area contributed by atoms with Gasteiger partial charge in [0.05, 0.1) is 18.7 Å². The molecule has 196 valence electrons. The highest BCUT2D eigenvalue weighted by atomic mass is 16.5. The molecule has 0 spiro atoms. The molecule has 0 aromatic heterocycles. The first-order valence-corrected chi connectivity index (χ1v) is 13.3. The fourth-order valence-electron chi connectivity index (χ4n) is 5.20. The SMILES string of the molecule is CCOC(=O)C1=C(C)N(Cc2ccc(C(=O)NCCN3CCCCC3)cc2)C(=O)C[C@@H]1c1ccccc1. The number of nitrogens with zero attached hydrogens (tertiary/aromatic N) is 2. The van der Waals surface area contributed by atoms with Crippen molar-refractivity contribution in [1.29, 1.82) is 0 Å². The van der Waals surface area contributed by atoms with Gasteiger partial charge in [-0.1, -0.05) is 48.9 Å². The molecule has 1 fully saturated rings. The number of likely N-dealkylation sites (tertiary alicyclic amines) is 1. The Morgan fingerprint density at radius 3 is 2.38 bits per heavy atom. The Balaban J connectivity index is 1.44. The van der Waals surface area contributed by atoms with E-state index in [0.717, 1.165) is 30.8 Å². The van der Waals surface area contributed by atoms with Gasteiger partial charge in [0, 0.05) is 36.7 Å². The first-order valence-electron chi connectivity index (χ1n) is 13.3. The molecule has 2 aromatic rings. The van der Waals surface area contributed by atoms with E-state index >= 15 is 0 Å². The van der Waals surface area contributed by atoms with E-state index in [4.69, 9.17) is 4.74 Å². The summed E-state index contributed by atoms with van der Waals surface area (Å²) in [5.74, 6) is -0.856. The summed E-state index contributed by atoms with van der Waals surface area (Å²) in [6, 6.07) is 16.9. The zero-order valence-corrected chi connectivity index (χ0v) is 21.9. The van der Waals surface area contributed by atoms with Crippen LogP contribution in [0.3, 0.4) is 0 Å². The van der Waals surface area contributed by atoms with Crippen LogP contribution in [-0.2, 0) is 20.9 Å². The van der Waals surface area contributed by atoms with Crippen LogP contribution in [0.4, 0.5) is 0 Å². The van der Waals surface area contributed by atoms with Gasteiger partial charge in [0.2, 0.25) is 5.91 Å². The Kier molecular flexibility index (Phi) is 9.12. The molecule has 0 unspecified atom stereocenters. The van der Waals surface area contributed by atoms with Gasteiger partial charge in [0.15, 0.2) is 0 Å². The van der Waals surface area contributed by atoms with E-state index < -0.39 is 0 Å². The Morgan fingerprint density at radius 1 is 1.00 bits per heavy atom. The van der Waals surface area contributed by atoms with E-state index in [-0.39, 0.29) is 36.7 Å². The highest BCUT2D eigenvalue weighted by Crippen LogP contribution is 2.37. The number of rotatable bonds is 9. The summed E-state index contributed by atoms with van der Waals surface area (Å²) in [6.45, 7) is 7.91. The lowest BCUT2D eigenvalue weighted by Gasteiger charge is -2.34. The molecule has 1 saturated heterocycles. The minimum atomic E-state index is -0.386. The van der Waals surface area contributed by atoms with Crippen LogP contribution in [0.1, 0.15) is 66.9 Å². The molecule has 37 heavy (non-hydrogen) atoms. The number of esters is 1. The quantitative estimate of drug-likeness (QED) is 0.518. The third kappa shape index (κ3) is 6.66. The first kappa shape index (κ1) is 26.6. The maximum absolute atomic E-state index is 13.2. The smallest absolute Gasteiger partial charge is 0.336 e. The Morgan fingerprint density at radius 2 is 1.70 bits per heavy atom. The van der Waals surface area contributed by atoms with E-state index in [0.29, 0.717) is 29.9 Å². The number of benzene rings is 2. The lowest BCUT2D eigenvalue weighted by Crippen LogP contribution is -2.38. The number of carbonyl (C=O) groups is 3. The molecule has 2 aliphatic rings. The van der Waals surface area contributed by atoms with Crippen molar-refractivity contribution >= 4 is 17.8 Å². The number of ether oxygens (including phenoxy) is 1. The Labute approximate surface area is 219 Å². The van der Waals surface area contributed by atoms with Crippen LogP contribution >= 0.6 is 0 Å². The minimum absolute atomic E-state index is 0.0427. The van der Waals surface area contributed by atoms with Crippen molar-refractivity contribution < 1.29 is 19.1 Å². The van der Waals surface area contributed by atoms with Gasteiger partial charge in [0.1, 0.15) is 0 Å². The van der Waals surface area contributed by atoms with Crippen LogP contribution in [0.2, 0.25) is 0 Å². The van der Waals surface area contributed by atoms with Crippen molar-refractivity contribution in [2.24, 2.45) is 0 Å². The molecular formula is C30H37N3O4. The van der Waals surface area contributed by atoms with E-state index in [1.807, 2.05) is 49.4 Å². The van der Waals surface area contributed by atoms with Crippen molar-refractivity contribution in [2.45, 2.75) is 52.0 Å². The van der Waals surface area contributed by atoms with Crippen LogP contribution in [0.25, 0.3) is 0 Å². The van der Waals surface area contributed by atoms with Crippen LogP contribution < -0.4 is 5.32 Å². The van der Waals surface area contributed by atoms with Crippen molar-refractivity contribution in [3.05, 3.63) is 82.6 Å². The number of hydrogen-bond acceptors (Lipinski definition) is 5. The third-order valence-corrected chi connectivity index (χ3v) is 7.24. The van der Waals surface area contributed by atoms with Gasteiger partial charge < -0.3 is 19.9 Å². The molecule has 7 heteroatoms. The lowest BCUT2D eigenvalue weighted by molar-refractivity contribution is -0.140. The summed E-state index contributed by atoms with van der Waals surface area (Å²) in [4.78, 5) is 42.8. The van der Waals surface area contributed by atoms with Crippen LogP contribution in [-0.4, -0.2) is 60.4 Å². The van der Waals surface area contributed by atoms with Crippen molar-refractivity contribution in [3.8, 4) is 0 Å². The summed E-state index contributed by atoms with van der Waals surface area (Å²) >= 11 is 0. The minimum Gasteiger partial charge on any atom is -0.463 e. The molecule has 1 atom stereocenters. The standard InChI is InChI=1S/C30H37N3O4/c1-3-37-30(36)28-22(2)33(27(34)20-26(28)24-10-6-4-7-11-24)21-23-12-14-25(15-13-23)29(35)31-16-19-32-17-8-5-9-18-32/h4,6-7,10-15,26H,3,5,8-9,16-21H2,1-2H3,(H,31,35)/t26-/m1/s1. The van der Waals surface area contributed by atoms with Gasteiger partial charge in [0.25, 0.3) is 5.91 Å². The largest absolute Gasteiger partial charge is 0.463 e. The van der Waals surface area contributed by atoms with Gasteiger partial charge in [-0.2, -0.15) is 0 Å². The molecule has 1 N–H and O–H groups in total. The molecule has 2 amide bonds. The van der Waals surface area contributed by atoms with Crippen LogP contribution in [0.5, 0.6) is 0 Å². The average Bonchev–Trinajstić information content (AvgIpc) is 2.92. The highest BCUT2D eigenvalue weighted by Gasteiger charge is 2.36. The zero-order valence-electron chi connectivity index (χ0n) is 21.9. The number of carbonyl (C=O) groups excluding carboxylic acids is 3. The van der Waals surface area contributed by atoms with Gasteiger partial charge in [-0.05, 0) is 63.0 Å². The van der Waals surface area contributed by atoms with Crippen LogP contribution in [0.15, 0.2) is 65.9 Å². The van der Waals surface area contributed by atoms with E-state index in [1.54, 1.807) is 24.0 Å². The number of piperidine rings is 1. The zero-order chi connectivity index (χ0) is 26.2. The molecule has 0 aliphatic carbocycles. The van der Waals surface area contributed by atoms with Crippen molar-refractivity contribution in [3.63, 3.8) is 0 Å².